The van der Waals surface area contributed by atoms with E-state index < -0.39 is 6.04 Å². The van der Waals surface area contributed by atoms with Crippen LogP contribution in [0.2, 0.25) is 0 Å². The van der Waals surface area contributed by atoms with Gasteiger partial charge in [-0.15, -0.1) is 0 Å². The summed E-state index contributed by atoms with van der Waals surface area (Å²) in [6.07, 6.45) is 0.980. The fourth-order valence-electron chi connectivity index (χ4n) is 3.55. The number of hydrogen-bond donors (Lipinski definition) is 1. The van der Waals surface area contributed by atoms with E-state index in [1.165, 1.54) is 5.56 Å². The lowest BCUT2D eigenvalue weighted by Crippen LogP contribution is -2.52. The summed E-state index contributed by atoms with van der Waals surface area (Å²) in [5.74, 6) is 0.565. The van der Waals surface area contributed by atoms with E-state index in [4.69, 9.17) is 4.74 Å². The van der Waals surface area contributed by atoms with E-state index in [1.54, 1.807) is 18.9 Å². The third-order valence-corrected chi connectivity index (χ3v) is 5.62. The van der Waals surface area contributed by atoms with Gasteiger partial charge < -0.3 is 15.0 Å². The Balaban J connectivity index is 2.16. The Bertz CT molecular complexity index is 920. The first kappa shape index (κ1) is 26.4. The molecule has 33 heavy (non-hydrogen) atoms. The lowest BCUT2D eigenvalue weighted by atomic mass is 9.86. The molecule has 0 aliphatic rings. The molecule has 0 aliphatic carbocycles. The van der Waals surface area contributed by atoms with Gasteiger partial charge in [-0.2, -0.15) is 0 Å². The molecule has 0 unspecified atom stereocenters. The number of aryl methyl sites for hydroxylation is 1. The number of carbonyl (C=O) groups excluding carboxylic acids is 2. The Morgan fingerprint density at radius 3 is 1.94 bits per heavy atom. The summed E-state index contributed by atoms with van der Waals surface area (Å²) in [5.41, 5.74) is 3.07. The van der Waals surface area contributed by atoms with E-state index in [0.29, 0.717) is 19.4 Å². The number of carbonyl (C=O) groups is 2. The Hall–Kier alpha value is -2.82. The van der Waals surface area contributed by atoms with Crippen molar-refractivity contribution in [1.82, 2.24) is 10.2 Å². The number of benzene rings is 2. The molecule has 0 aromatic heterocycles. The molecule has 2 aromatic rings. The van der Waals surface area contributed by atoms with Gasteiger partial charge in [0, 0.05) is 18.5 Å². The van der Waals surface area contributed by atoms with Crippen LogP contribution in [-0.2, 0) is 28.0 Å². The van der Waals surface area contributed by atoms with Crippen molar-refractivity contribution in [3.8, 4) is 5.75 Å². The lowest BCUT2D eigenvalue weighted by Gasteiger charge is -2.31. The maximum atomic E-state index is 13.3. The monoisotopic (exact) mass is 452 g/mol. The van der Waals surface area contributed by atoms with Crippen LogP contribution in [-0.4, -0.2) is 35.4 Å². The zero-order valence-electron chi connectivity index (χ0n) is 21.5. The van der Waals surface area contributed by atoms with Gasteiger partial charge >= 0.3 is 0 Å². The number of hydrogen-bond acceptors (Lipinski definition) is 3. The Kier molecular flexibility index (Phi) is 8.70. The highest BCUT2D eigenvalue weighted by Gasteiger charge is 2.28. The molecule has 5 heteroatoms. The van der Waals surface area contributed by atoms with Crippen molar-refractivity contribution in [2.24, 2.45) is 0 Å². The highest BCUT2D eigenvalue weighted by Crippen LogP contribution is 2.23. The average molecular weight is 453 g/mol. The van der Waals surface area contributed by atoms with Crippen LogP contribution in [0.4, 0.5) is 0 Å². The molecule has 1 atom stereocenters. The Morgan fingerprint density at radius 1 is 0.909 bits per heavy atom. The van der Waals surface area contributed by atoms with E-state index in [0.717, 1.165) is 16.9 Å². The van der Waals surface area contributed by atoms with Crippen molar-refractivity contribution in [1.29, 1.82) is 0 Å². The SMILES string of the molecule is COc1ccc(CN(C(=O)CCc2ccc(C(C)(C)C)cc2)[C@@H](C)C(=O)NC(C)(C)C)cc1. The highest BCUT2D eigenvalue weighted by atomic mass is 16.5. The predicted molar refractivity (Wildman–Crippen MR) is 134 cm³/mol. The van der Waals surface area contributed by atoms with Crippen molar-refractivity contribution in [3.63, 3.8) is 0 Å². The predicted octanol–water partition coefficient (Wildman–Crippen LogP) is 5.26. The topological polar surface area (TPSA) is 58.6 Å². The minimum Gasteiger partial charge on any atom is -0.497 e. The summed E-state index contributed by atoms with van der Waals surface area (Å²) >= 11 is 0. The fourth-order valence-corrected chi connectivity index (χ4v) is 3.55. The van der Waals surface area contributed by atoms with Crippen molar-refractivity contribution >= 4 is 11.8 Å². The molecular formula is C28H40N2O3. The quantitative estimate of drug-likeness (QED) is 0.595. The molecule has 0 spiro atoms. The molecule has 2 rings (SSSR count). The average Bonchev–Trinajstić information content (AvgIpc) is 2.74. The molecule has 0 saturated carbocycles. The summed E-state index contributed by atoms with van der Waals surface area (Å²) in [4.78, 5) is 27.9. The van der Waals surface area contributed by atoms with Crippen LogP contribution in [0.3, 0.4) is 0 Å². The standard InChI is InChI=1S/C28H40N2O3/c1-20(26(32)29-28(5,6)7)30(19-22-11-16-24(33-8)17-12-22)25(31)18-13-21-9-14-23(15-10-21)27(2,3)4/h9-12,14-17,20H,13,18-19H2,1-8H3,(H,29,32)/t20-/m0/s1. The van der Waals surface area contributed by atoms with Gasteiger partial charge in [0.05, 0.1) is 7.11 Å². The molecule has 0 bridgehead atoms. The van der Waals surface area contributed by atoms with Crippen molar-refractivity contribution in [3.05, 3.63) is 65.2 Å². The van der Waals surface area contributed by atoms with E-state index >= 15 is 0 Å². The number of amides is 2. The van der Waals surface area contributed by atoms with Gasteiger partial charge in [-0.25, -0.2) is 0 Å². The van der Waals surface area contributed by atoms with Gasteiger partial charge in [-0.05, 0) is 68.4 Å². The second kappa shape index (κ2) is 10.9. The molecule has 0 radical (unpaired) electrons. The number of methoxy groups -OCH3 is 1. The van der Waals surface area contributed by atoms with E-state index in [9.17, 15) is 9.59 Å². The van der Waals surface area contributed by atoms with Gasteiger partial charge in [0.25, 0.3) is 0 Å². The second-order valence-electron chi connectivity index (χ2n) is 10.7. The zero-order valence-corrected chi connectivity index (χ0v) is 21.5. The maximum absolute atomic E-state index is 13.3. The fraction of sp³-hybridized carbons (Fsp3) is 0.500. The van der Waals surface area contributed by atoms with Crippen LogP contribution < -0.4 is 10.1 Å². The van der Waals surface area contributed by atoms with Crippen molar-refractivity contribution in [2.75, 3.05) is 7.11 Å². The van der Waals surface area contributed by atoms with Gasteiger partial charge in [0.2, 0.25) is 11.8 Å². The van der Waals surface area contributed by atoms with Crippen molar-refractivity contribution in [2.45, 2.75) is 84.8 Å². The Labute approximate surface area is 199 Å². The number of ether oxygens (including phenoxy) is 1. The molecule has 0 aliphatic heterocycles. The van der Waals surface area contributed by atoms with Crippen molar-refractivity contribution < 1.29 is 14.3 Å². The molecule has 2 amide bonds. The van der Waals surface area contributed by atoms with Gasteiger partial charge in [0.1, 0.15) is 11.8 Å². The smallest absolute Gasteiger partial charge is 0.242 e. The van der Waals surface area contributed by atoms with E-state index in [1.807, 2.05) is 45.0 Å². The molecular weight excluding hydrogens is 412 g/mol. The number of rotatable bonds is 8. The normalized spacial score (nSPS) is 12.7. The summed E-state index contributed by atoms with van der Waals surface area (Å²) < 4.78 is 5.23. The lowest BCUT2D eigenvalue weighted by molar-refractivity contribution is -0.141. The molecule has 180 valence electrons. The minimum atomic E-state index is -0.581. The third-order valence-electron chi connectivity index (χ3n) is 5.62. The molecule has 2 aromatic carbocycles. The first-order valence-electron chi connectivity index (χ1n) is 11.6. The molecule has 0 fully saturated rings. The van der Waals surface area contributed by atoms with Crippen LogP contribution in [0.25, 0.3) is 0 Å². The van der Waals surface area contributed by atoms with E-state index in [-0.39, 0.29) is 22.8 Å². The Morgan fingerprint density at radius 2 is 1.45 bits per heavy atom. The first-order valence-corrected chi connectivity index (χ1v) is 11.6. The van der Waals surface area contributed by atoms with Crippen LogP contribution in [0, 0.1) is 0 Å². The molecule has 0 saturated heterocycles. The molecule has 1 N–H and O–H groups in total. The summed E-state index contributed by atoms with van der Waals surface area (Å²) in [6.45, 7) is 14.5. The molecule has 0 heterocycles. The highest BCUT2D eigenvalue weighted by molar-refractivity contribution is 5.87. The summed E-state index contributed by atoms with van der Waals surface area (Å²) in [5, 5.41) is 3.00. The number of nitrogens with zero attached hydrogens (tertiary/aromatic N) is 1. The summed E-state index contributed by atoms with van der Waals surface area (Å²) in [7, 11) is 1.62. The molecule has 5 nitrogen and oxygen atoms in total. The van der Waals surface area contributed by atoms with Gasteiger partial charge in [-0.1, -0.05) is 57.2 Å². The summed E-state index contributed by atoms with van der Waals surface area (Å²) in [6, 6.07) is 15.5. The van der Waals surface area contributed by atoms with Crippen LogP contribution in [0.1, 0.15) is 71.6 Å². The largest absolute Gasteiger partial charge is 0.497 e. The van der Waals surface area contributed by atoms with Crippen LogP contribution >= 0.6 is 0 Å². The van der Waals surface area contributed by atoms with Crippen LogP contribution in [0.15, 0.2) is 48.5 Å². The van der Waals surface area contributed by atoms with Gasteiger partial charge in [0.15, 0.2) is 0 Å². The van der Waals surface area contributed by atoms with E-state index in [2.05, 4.69) is 50.4 Å². The van der Waals surface area contributed by atoms with Gasteiger partial charge in [-0.3, -0.25) is 9.59 Å². The minimum absolute atomic E-state index is 0.0396. The first-order chi connectivity index (χ1) is 15.3. The third kappa shape index (κ3) is 8.23. The number of nitrogens with one attached hydrogen (secondary N) is 1. The second-order valence-corrected chi connectivity index (χ2v) is 10.7. The maximum Gasteiger partial charge on any atom is 0.242 e. The van der Waals surface area contributed by atoms with Crippen LogP contribution in [0.5, 0.6) is 5.75 Å². The zero-order chi connectivity index (χ0) is 24.8.